The number of amides is 1. The van der Waals surface area contributed by atoms with Crippen molar-refractivity contribution in [1.29, 1.82) is 0 Å². The maximum atomic E-state index is 12.1. The van der Waals surface area contributed by atoms with Gasteiger partial charge in [-0.25, -0.2) is 4.98 Å². The smallest absolute Gasteiger partial charge is 0.275 e. The third-order valence-corrected chi connectivity index (χ3v) is 3.86. The maximum absolute atomic E-state index is 12.1. The molecule has 1 aromatic heterocycles. The van der Waals surface area contributed by atoms with Gasteiger partial charge in [0.15, 0.2) is 0 Å². The fourth-order valence-corrected chi connectivity index (χ4v) is 2.62. The fourth-order valence-electron chi connectivity index (χ4n) is 1.82. The van der Waals surface area contributed by atoms with Crippen molar-refractivity contribution in [3.63, 3.8) is 0 Å². The average Bonchev–Trinajstić information content (AvgIpc) is 2.88. The van der Waals surface area contributed by atoms with E-state index in [1.807, 2.05) is 18.2 Å². The number of benzene rings is 1. The minimum absolute atomic E-state index is 0. The van der Waals surface area contributed by atoms with Gasteiger partial charge in [0.25, 0.3) is 5.91 Å². The molecule has 0 atom stereocenters. The van der Waals surface area contributed by atoms with Crippen LogP contribution in [0.3, 0.4) is 0 Å². The Kier molecular flexibility index (Phi) is 6.81. The summed E-state index contributed by atoms with van der Waals surface area (Å²) in [6, 6.07) is 7.89. The molecular formula is C15H20ClN3OS. The van der Waals surface area contributed by atoms with Crippen LogP contribution in [-0.2, 0) is 6.42 Å². The van der Waals surface area contributed by atoms with Gasteiger partial charge in [-0.2, -0.15) is 0 Å². The lowest BCUT2D eigenvalue weighted by atomic mass is 10.0. The number of hydrogen-bond donors (Lipinski definition) is 2. The summed E-state index contributed by atoms with van der Waals surface area (Å²) in [5.74, 6) is 0.257. The number of nitrogens with two attached hydrogens (primary N) is 1. The molecule has 21 heavy (non-hydrogen) atoms. The first kappa shape index (κ1) is 17.6. The summed E-state index contributed by atoms with van der Waals surface area (Å²) in [5, 5.41) is 5.55. The molecule has 0 unspecified atom stereocenters. The second-order valence-corrected chi connectivity index (χ2v) is 5.84. The SMILES string of the molecule is CC(C)c1cccc(NC(=O)c2csc(CCN)n2)c1.Cl. The van der Waals surface area contributed by atoms with Crippen molar-refractivity contribution in [1.82, 2.24) is 4.98 Å². The highest BCUT2D eigenvalue weighted by molar-refractivity contribution is 7.09. The fraction of sp³-hybridized carbons (Fsp3) is 0.333. The lowest BCUT2D eigenvalue weighted by Crippen LogP contribution is -2.13. The molecule has 2 aromatic rings. The van der Waals surface area contributed by atoms with Crippen molar-refractivity contribution in [2.75, 3.05) is 11.9 Å². The van der Waals surface area contributed by atoms with Crippen molar-refractivity contribution < 1.29 is 4.79 Å². The van der Waals surface area contributed by atoms with Gasteiger partial charge in [-0.05, 0) is 30.2 Å². The second kappa shape index (κ2) is 8.12. The number of hydrogen-bond acceptors (Lipinski definition) is 4. The largest absolute Gasteiger partial charge is 0.330 e. The zero-order valence-corrected chi connectivity index (χ0v) is 13.8. The highest BCUT2D eigenvalue weighted by atomic mass is 35.5. The molecule has 0 aliphatic carbocycles. The van der Waals surface area contributed by atoms with Crippen LogP contribution in [0.15, 0.2) is 29.6 Å². The summed E-state index contributed by atoms with van der Waals surface area (Å²) in [6.07, 6.45) is 0.709. The topological polar surface area (TPSA) is 68.0 Å². The number of thiazole rings is 1. The van der Waals surface area contributed by atoms with Crippen LogP contribution in [0, 0.1) is 0 Å². The first-order valence-electron chi connectivity index (χ1n) is 6.66. The van der Waals surface area contributed by atoms with Gasteiger partial charge in [0.2, 0.25) is 0 Å². The zero-order valence-electron chi connectivity index (χ0n) is 12.1. The van der Waals surface area contributed by atoms with Crippen LogP contribution in [0.25, 0.3) is 0 Å². The number of nitrogens with zero attached hydrogens (tertiary/aromatic N) is 1. The van der Waals surface area contributed by atoms with E-state index in [2.05, 4.69) is 30.2 Å². The predicted molar refractivity (Wildman–Crippen MR) is 90.6 cm³/mol. The van der Waals surface area contributed by atoms with Gasteiger partial charge in [-0.1, -0.05) is 26.0 Å². The van der Waals surface area contributed by atoms with Gasteiger partial charge >= 0.3 is 0 Å². The minimum Gasteiger partial charge on any atom is -0.330 e. The standard InChI is InChI=1S/C15H19N3OS.ClH/c1-10(2)11-4-3-5-12(8-11)17-15(19)13-9-20-14(18-13)6-7-16;/h3-5,8-10H,6-7,16H2,1-2H3,(H,17,19);1H. The summed E-state index contributed by atoms with van der Waals surface area (Å²) in [6.45, 7) is 4.80. The predicted octanol–water partition coefficient (Wildman–Crippen LogP) is 3.44. The van der Waals surface area contributed by atoms with E-state index in [0.29, 0.717) is 24.6 Å². The van der Waals surface area contributed by atoms with E-state index in [4.69, 9.17) is 5.73 Å². The number of rotatable bonds is 5. The van der Waals surface area contributed by atoms with Crippen LogP contribution in [-0.4, -0.2) is 17.4 Å². The van der Waals surface area contributed by atoms with Gasteiger partial charge in [0, 0.05) is 17.5 Å². The first-order valence-corrected chi connectivity index (χ1v) is 7.54. The molecule has 6 heteroatoms. The summed E-state index contributed by atoms with van der Waals surface area (Å²) >= 11 is 1.47. The number of anilines is 1. The van der Waals surface area contributed by atoms with Crippen molar-refractivity contribution in [3.05, 3.63) is 45.9 Å². The zero-order chi connectivity index (χ0) is 14.5. The molecule has 0 aliphatic rings. The van der Waals surface area contributed by atoms with Crippen molar-refractivity contribution in [2.24, 2.45) is 5.73 Å². The summed E-state index contributed by atoms with van der Waals surface area (Å²) < 4.78 is 0. The molecule has 0 bridgehead atoms. The highest BCUT2D eigenvalue weighted by Crippen LogP contribution is 2.19. The van der Waals surface area contributed by atoms with Crippen molar-refractivity contribution in [3.8, 4) is 0 Å². The molecule has 0 aliphatic heterocycles. The van der Waals surface area contributed by atoms with E-state index < -0.39 is 0 Å². The molecule has 2 rings (SSSR count). The molecule has 4 nitrogen and oxygen atoms in total. The Morgan fingerprint density at radius 3 is 2.86 bits per heavy atom. The van der Waals surface area contributed by atoms with E-state index >= 15 is 0 Å². The Hall–Kier alpha value is -1.43. The second-order valence-electron chi connectivity index (χ2n) is 4.90. The van der Waals surface area contributed by atoms with E-state index in [9.17, 15) is 4.79 Å². The maximum Gasteiger partial charge on any atom is 0.275 e. The number of carbonyl (C=O) groups is 1. The lowest BCUT2D eigenvalue weighted by molar-refractivity contribution is 0.102. The summed E-state index contributed by atoms with van der Waals surface area (Å²) in [5.41, 5.74) is 7.93. The molecule has 1 amide bonds. The van der Waals surface area contributed by atoms with Gasteiger partial charge in [-0.15, -0.1) is 23.7 Å². The number of aromatic nitrogens is 1. The average molecular weight is 326 g/mol. The first-order chi connectivity index (χ1) is 9.60. The van der Waals surface area contributed by atoms with Crippen LogP contribution in [0.5, 0.6) is 0 Å². The van der Waals surface area contributed by atoms with Crippen LogP contribution in [0.1, 0.15) is 40.8 Å². The molecule has 1 aromatic carbocycles. The molecule has 0 spiro atoms. The Morgan fingerprint density at radius 1 is 1.43 bits per heavy atom. The van der Waals surface area contributed by atoms with Crippen LogP contribution >= 0.6 is 23.7 Å². The third-order valence-electron chi connectivity index (χ3n) is 2.95. The molecule has 114 valence electrons. The van der Waals surface area contributed by atoms with E-state index in [1.165, 1.54) is 16.9 Å². The van der Waals surface area contributed by atoms with E-state index in [0.717, 1.165) is 10.7 Å². The van der Waals surface area contributed by atoms with Crippen molar-refractivity contribution >= 4 is 35.3 Å². The number of nitrogens with one attached hydrogen (secondary N) is 1. The lowest BCUT2D eigenvalue weighted by Gasteiger charge is -2.08. The van der Waals surface area contributed by atoms with E-state index in [1.54, 1.807) is 5.38 Å². The molecule has 0 saturated carbocycles. The Balaban J connectivity index is 0.00000220. The van der Waals surface area contributed by atoms with Gasteiger partial charge < -0.3 is 11.1 Å². The van der Waals surface area contributed by atoms with Crippen LogP contribution in [0.4, 0.5) is 5.69 Å². The summed E-state index contributed by atoms with van der Waals surface area (Å²) in [4.78, 5) is 16.4. The summed E-state index contributed by atoms with van der Waals surface area (Å²) in [7, 11) is 0. The molecule has 0 fully saturated rings. The highest BCUT2D eigenvalue weighted by Gasteiger charge is 2.11. The molecule has 3 N–H and O–H groups in total. The molecular weight excluding hydrogens is 306 g/mol. The van der Waals surface area contributed by atoms with Gasteiger partial charge in [-0.3, -0.25) is 4.79 Å². The van der Waals surface area contributed by atoms with Crippen LogP contribution < -0.4 is 11.1 Å². The number of halogens is 1. The van der Waals surface area contributed by atoms with Crippen LogP contribution in [0.2, 0.25) is 0 Å². The van der Waals surface area contributed by atoms with Gasteiger partial charge in [0.1, 0.15) is 5.69 Å². The van der Waals surface area contributed by atoms with E-state index in [-0.39, 0.29) is 18.3 Å². The Morgan fingerprint density at radius 2 is 2.19 bits per heavy atom. The molecule has 0 saturated heterocycles. The monoisotopic (exact) mass is 325 g/mol. The molecule has 0 radical (unpaired) electrons. The third kappa shape index (κ3) is 4.81. The minimum atomic E-state index is -0.176. The normalized spacial score (nSPS) is 10.3. The Bertz CT molecular complexity index is 598. The number of carbonyl (C=O) groups excluding carboxylic acids is 1. The quantitative estimate of drug-likeness (QED) is 0.884. The van der Waals surface area contributed by atoms with Gasteiger partial charge in [0.05, 0.1) is 5.01 Å². The molecule has 1 heterocycles. The van der Waals surface area contributed by atoms with Crippen molar-refractivity contribution in [2.45, 2.75) is 26.2 Å². The Labute approximate surface area is 135 Å².